The number of rotatable bonds is 3. The van der Waals surface area contributed by atoms with Gasteiger partial charge in [0.2, 0.25) is 0 Å². The molecular weight excluding hydrogens is 761 g/mol. The summed E-state index contributed by atoms with van der Waals surface area (Å²) in [4.78, 5) is 0. The van der Waals surface area contributed by atoms with Crippen molar-refractivity contribution >= 4 is 108 Å². The summed E-state index contributed by atoms with van der Waals surface area (Å²) in [5.74, 6) is 0. The molecule has 0 bridgehead atoms. The smallest absolute Gasteiger partial charge is 0.143 e. The largest absolute Gasteiger partial charge is 0.455 e. The van der Waals surface area contributed by atoms with Crippen molar-refractivity contribution in [1.29, 1.82) is 0 Å². The lowest BCUT2D eigenvalue weighted by Gasteiger charge is -2.20. The van der Waals surface area contributed by atoms with Crippen LogP contribution >= 0.6 is 0 Å². The van der Waals surface area contributed by atoms with E-state index in [4.69, 9.17) is 4.42 Å². The molecule has 0 fully saturated rings. The Kier molecular flexibility index (Phi) is 7.17. The summed E-state index contributed by atoms with van der Waals surface area (Å²) in [7, 11) is 0. The van der Waals surface area contributed by atoms with Crippen molar-refractivity contribution in [2.75, 3.05) is 0 Å². The van der Waals surface area contributed by atoms with Crippen LogP contribution in [0.25, 0.3) is 141 Å². The summed E-state index contributed by atoms with van der Waals surface area (Å²) in [5.41, 5.74) is 9.34. The van der Waals surface area contributed by atoms with Crippen LogP contribution in [0.2, 0.25) is 0 Å². The number of furan rings is 1. The summed E-state index contributed by atoms with van der Waals surface area (Å²) < 4.78 is 7.10. The van der Waals surface area contributed by atoms with Gasteiger partial charge >= 0.3 is 0 Å². The van der Waals surface area contributed by atoms with Gasteiger partial charge in [0.05, 0.1) is 0 Å². The van der Waals surface area contributed by atoms with E-state index >= 15 is 0 Å². The van der Waals surface area contributed by atoms with Gasteiger partial charge in [0.15, 0.2) is 0 Å². The Morgan fingerprint density at radius 1 is 0.222 bits per heavy atom. The van der Waals surface area contributed by atoms with Crippen LogP contribution in [0, 0.1) is 0 Å². The molecule has 13 aromatic carbocycles. The van der Waals surface area contributed by atoms with Crippen LogP contribution in [0.4, 0.5) is 0 Å². The fraction of sp³-hybridized carbons (Fsp3) is 0. The van der Waals surface area contributed by atoms with Crippen molar-refractivity contribution in [3.8, 4) is 33.4 Å². The van der Waals surface area contributed by atoms with Gasteiger partial charge in [-0.05, 0) is 121 Å². The van der Waals surface area contributed by atoms with Gasteiger partial charge in [-0.15, -0.1) is 0 Å². The van der Waals surface area contributed by atoms with Gasteiger partial charge in [-0.2, -0.15) is 0 Å². The maximum atomic E-state index is 7.10. The third kappa shape index (κ3) is 4.82. The molecule has 0 aliphatic heterocycles. The molecule has 1 heterocycles. The van der Waals surface area contributed by atoms with E-state index in [1.165, 1.54) is 120 Å². The standard InChI is InChI=1S/C62H36O/c1-2-18-39-37(16-1)17-15-31-46(39)57-49-26-10-12-28-51(49)58(52-29-13-11-27-50(52)57)53-35-34-40(41-19-3-4-20-42(41)53)38-32-33-55-56(36-38)45-23-6-9-25-48(45)60-59-47-24-8-5-21-43(47)44-22-7-14-30-54(44)61(59)63-62(55)60/h1-36H. The lowest BCUT2D eigenvalue weighted by atomic mass is 9.83. The Bertz CT molecular complexity index is 4200. The second-order valence-electron chi connectivity index (χ2n) is 17.0. The SMILES string of the molecule is c1ccc2c(-c3c4ccccc4c(-c4ccc(-c5ccc6c(c5)c5ccccc5c5c6oc6c7ccccc7c7ccccc7c65)c5ccccc45)c4ccccc34)cccc2c1. The Morgan fingerprint density at radius 2 is 0.603 bits per heavy atom. The summed E-state index contributed by atoms with van der Waals surface area (Å²) >= 11 is 0. The van der Waals surface area contributed by atoms with E-state index in [1.54, 1.807) is 0 Å². The molecule has 0 N–H and O–H groups in total. The minimum atomic E-state index is 0.942. The highest BCUT2D eigenvalue weighted by Gasteiger charge is 2.23. The summed E-state index contributed by atoms with van der Waals surface area (Å²) in [6.07, 6.45) is 0. The average molecular weight is 797 g/mol. The molecule has 0 saturated heterocycles. The van der Waals surface area contributed by atoms with Gasteiger partial charge < -0.3 is 4.42 Å². The Morgan fingerprint density at radius 3 is 1.19 bits per heavy atom. The first-order valence-corrected chi connectivity index (χ1v) is 21.8. The van der Waals surface area contributed by atoms with Crippen LogP contribution < -0.4 is 0 Å². The fourth-order valence-electron chi connectivity index (χ4n) is 11.2. The highest BCUT2D eigenvalue weighted by atomic mass is 16.3. The van der Waals surface area contributed by atoms with Gasteiger partial charge in [-0.3, -0.25) is 0 Å². The van der Waals surface area contributed by atoms with Crippen LogP contribution in [-0.2, 0) is 0 Å². The van der Waals surface area contributed by atoms with Crippen LogP contribution in [0.1, 0.15) is 0 Å². The Labute approximate surface area is 362 Å². The van der Waals surface area contributed by atoms with E-state index in [9.17, 15) is 0 Å². The minimum absolute atomic E-state index is 0.942. The highest BCUT2D eigenvalue weighted by molar-refractivity contribution is 6.38. The molecule has 14 aromatic rings. The first-order chi connectivity index (χ1) is 31.3. The average Bonchev–Trinajstić information content (AvgIpc) is 3.77. The predicted molar refractivity (Wildman–Crippen MR) is 270 cm³/mol. The van der Waals surface area contributed by atoms with E-state index in [2.05, 4.69) is 218 Å². The lowest BCUT2D eigenvalue weighted by molar-refractivity contribution is 0.677. The number of hydrogen-bond acceptors (Lipinski definition) is 1. The molecule has 1 nitrogen and oxygen atoms in total. The van der Waals surface area contributed by atoms with Crippen molar-refractivity contribution in [2.45, 2.75) is 0 Å². The van der Waals surface area contributed by atoms with E-state index < -0.39 is 0 Å². The van der Waals surface area contributed by atoms with Gasteiger partial charge in [-0.1, -0.05) is 206 Å². The molecule has 0 spiro atoms. The van der Waals surface area contributed by atoms with Crippen LogP contribution in [-0.4, -0.2) is 0 Å². The maximum Gasteiger partial charge on any atom is 0.143 e. The van der Waals surface area contributed by atoms with E-state index in [0.717, 1.165) is 21.9 Å². The Hall–Kier alpha value is -8.26. The fourth-order valence-corrected chi connectivity index (χ4v) is 11.2. The summed E-state index contributed by atoms with van der Waals surface area (Å²) in [5, 5.41) is 22.0. The van der Waals surface area contributed by atoms with Crippen molar-refractivity contribution in [3.05, 3.63) is 218 Å². The van der Waals surface area contributed by atoms with E-state index in [0.29, 0.717) is 0 Å². The van der Waals surface area contributed by atoms with Gasteiger partial charge in [0, 0.05) is 21.5 Å². The second-order valence-corrected chi connectivity index (χ2v) is 17.0. The predicted octanol–water partition coefficient (Wildman–Crippen LogP) is 17.8. The summed E-state index contributed by atoms with van der Waals surface area (Å²) in [6, 6.07) is 80.4. The molecule has 1 heteroatoms. The molecule has 14 rings (SSSR count). The van der Waals surface area contributed by atoms with Crippen LogP contribution in [0.15, 0.2) is 223 Å². The number of hydrogen-bond donors (Lipinski definition) is 0. The van der Waals surface area contributed by atoms with Crippen molar-refractivity contribution in [1.82, 2.24) is 0 Å². The number of fused-ring (bicyclic) bond motifs is 17. The first kappa shape index (κ1) is 34.5. The zero-order valence-electron chi connectivity index (χ0n) is 34.2. The molecule has 1 aromatic heterocycles. The molecule has 0 aliphatic carbocycles. The molecule has 0 atom stereocenters. The third-order valence-electron chi connectivity index (χ3n) is 13.8. The normalized spacial score (nSPS) is 12.1. The maximum absolute atomic E-state index is 7.10. The number of benzene rings is 13. The molecule has 0 unspecified atom stereocenters. The highest BCUT2D eigenvalue weighted by Crippen LogP contribution is 2.50. The lowest BCUT2D eigenvalue weighted by Crippen LogP contribution is -1.93. The van der Waals surface area contributed by atoms with Crippen molar-refractivity contribution in [2.24, 2.45) is 0 Å². The molecule has 290 valence electrons. The van der Waals surface area contributed by atoms with Gasteiger partial charge in [0.1, 0.15) is 11.2 Å². The molecule has 0 amide bonds. The summed E-state index contributed by atoms with van der Waals surface area (Å²) in [6.45, 7) is 0. The molecule has 0 aliphatic rings. The molecular formula is C62H36O. The molecule has 0 radical (unpaired) electrons. The zero-order chi connectivity index (χ0) is 41.2. The van der Waals surface area contributed by atoms with Gasteiger partial charge in [-0.25, -0.2) is 0 Å². The molecule has 0 saturated carbocycles. The molecule has 63 heavy (non-hydrogen) atoms. The van der Waals surface area contributed by atoms with Crippen molar-refractivity contribution in [3.63, 3.8) is 0 Å². The first-order valence-electron chi connectivity index (χ1n) is 21.8. The van der Waals surface area contributed by atoms with Crippen LogP contribution in [0.5, 0.6) is 0 Å². The van der Waals surface area contributed by atoms with Gasteiger partial charge in [0.25, 0.3) is 0 Å². The van der Waals surface area contributed by atoms with E-state index in [1.807, 2.05) is 0 Å². The topological polar surface area (TPSA) is 13.1 Å². The monoisotopic (exact) mass is 796 g/mol. The quantitative estimate of drug-likeness (QED) is 0.128. The minimum Gasteiger partial charge on any atom is -0.455 e. The van der Waals surface area contributed by atoms with E-state index in [-0.39, 0.29) is 0 Å². The third-order valence-corrected chi connectivity index (χ3v) is 13.8. The van der Waals surface area contributed by atoms with Crippen molar-refractivity contribution < 1.29 is 4.42 Å². The zero-order valence-corrected chi connectivity index (χ0v) is 34.2. The second kappa shape index (κ2) is 13.1. The van der Waals surface area contributed by atoms with Crippen LogP contribution in [0.3, 0.4) is 0 Å². The Balaban J connectivity index is 1.02.